The van der Waals surface area contributed by atoms with E-state index >= 15 is 0 Å². The fraction of sp³-hybridized carbons (Fsp3) is 0.625. The van der Waals surface area contributed by atoms with Crippen LogP contribution in [0.2, 0.25) is 0 Å². The molecule has 0 spiro atoms. The minimum atomic E-state index is -0.392. The number of rotatable bonds is 7. The molecule has 0 radical (unpaired) electrons. The van der Waals surface area contributed by atoms with Crippen LogP contribution in [-0.2, 0) is 9.53 Å². The minimum absolute atomic E-state index is 0. The van der Waals surface area contributed by atoms with Crippen molar-refractivity contribution >= 4 is 18.4 Å². The first-order chi connectivity index (χ1) is 5.81. The Bertz CT molecular complexity index is 141. The monoisotopic (exact) mass is 209 g/mol. The van der Waals surface area contributed by atoms with Crippen molar-refractivity contribution in [3.05, 3.63) is 12.7 Å². The third kappa shape index (κ3) is 11.4. The van der Waals surface area contributed by atoms with Crippen LogP contribution >= 0.6 is 12.4 Å². The van der Waals surface area contributed by atoms with Crippen molar-refractivity contribution in [1.82, 2.24) is 5.32 Å². The Kier molecular flexibility index (Phi) is 13.1. The summed E-state index contributed by atoms with van der Waals surface area (Å²) in [6, 6.07) is 0. The zero-order valence-corrected chi connectivity index (χ0v) is 8.31. The van der Waals surface area contributed by atoms with E-state index in [-0.39, 0.29) is 19.0 Å². The second kappa shape index (κ2) is 11.4. The van der Waals surface area contributed by atoms with Gasteiger partial charge in [0.15, 0.2) is 0 Å². The highest BCUT2D eigenvalue weighted by atomic mass is 35.5. The molecule has 0 atom stereocenters. The molecule has 0 aliphatic rings. The molecule has 78 valence electrons. The van der Waals surface area contributed by atoms with Crippen LogP contribution in [-0.4, -0.2) is 37.4 Å². The molecule has 4 nitrogen and oxygen atoms in total. The van der Waals surface area contributed by atoms with Gasteiger partial charge in [-0.05, 0) is 13.0 Å². The molecule has 2 N–H and O–H groups in total. The van der Waals surface area contributed by atoms with Crippen LogP contribution in [0.25, 0.3) is 0 Å². The zero-order valence-electron chi connectivity index (χ0n) is 7.49. The van der Waals surface area contributed by atoms with E-state index in [2.05, 4.69) is 11.9 Å². The van der Waals surface area contributed by atoms with Crippen LogP contribution in [0, 0.1) is 0 Å². The average Bonchev–Trinajstić information content (AvgIpc) is 2.10. The maximum absolute atomic E-state index is 10.5. The van der Waals surface area contributed by atoms with Gasteiger partial charge in [-0.15, -0.1) is 12.4 Å². The SMILES string of the molecule is C=CC(=O)OCCCNCCO.Cl. The van der Waals surface area contributed by atoms with Crippen LogP contribution in [0.1, 0.15) is 6.42 Å². The van der Waals surface area contributed by atoms with Gasteiger partial charge in [-0.1, -0.05) is 6.58 Å². The summed E-state index contributed by atoms with van der Waals surface area (Å²) in [4.78, 5) is 10.5. The van der Waals surface area contributed by atoms with Gasteiger partial charge >= 0.3 is 5.97 Å². The predicted octanol–water partition coefficient (Wildman–Crippen LogP) is 0.109. The van der Waals surface area contributed by atoms with E-state index < -0.39 is 5.97 Å². The molecular formula is C8H16ClNO3. The number of carbonyl (C=O) groups is 1. The van der Waals surface area contributed by atoms with Crippen molar-refractivity contribution in [2.24, 2.45) is 0 Å². The summed E-state index contributed by atoms with van der Waals surface area (Å²) in [5.41, 5.74) is 0. The summed E-state index contributed by atoms with van der Waals surface area (Å²) in [5, 5.41) is 11.3. The molecule has 0 bridgehead atoms. The van der Waals surface area contributed by atoms with Gasteiger partial charge < -0.3 is 15.2 Å². The zero-order chi connectivity index (χ0) is 9.23. The van der Waals surface area contributed by atoms with Gasteiger partial charge in [-0.2, -0.15) is 0 Å². The second-order valence-corrected chi connectivity index (χ2v) is 2.20. The maximum atomic E-state index is 10.5. The van der Waals surface area contributed by atoms with Gasteiger partial charge in [-0.25, -0.2) is 4.79 Å². The van der Waals surface area contributed by atoms with Crippen LogP contribution in [0.3, 0.4) is 0 Å². The van der Waals surface area contributed by atoms with Gasteiger partial charge in [-0.3, -0.25) is 0 Å². The molecule has 0 aliphatic carbocycles. The number of halogens is 1. The standard InChI is InChI=1S/C8H15NO3.ClH/c1-2-8(11)12-7-3-4-9-5-6-10;/h2,9-10H,1,3-7H2;1H. The normalized spacial score (nSPS) is 8.69. The molecule has 0 heterocycles. The molecule has 5 heteroatoms. The van der Waals surface area contributed by atoms with Gasteiger partial charge in [0.1, 0.15) is 0 Å². The first-order valence-electron chi connectivity index (χ1n) is 3.92. The Hall–Kier alpha value is -0.580. The third-order valence-corrected chi connectivity index (χ3v) is 1.20. The number of nitrogens with one attached hydrogen (secondary N) is 1. The summed E-state index contributed by atoms with van der Waals surface area (Å²) in [7, 11) is 0. The van der Waals surface area contributed by atoms with Crippen molar-refractivity contribution in [3.8, 4) is 0 Å². The molecule has 0 fully saturated rings. The lowest BCUT2D eigenvalue weighted by Crippen LogP contribution is -2.20. The second-order valence-electron chi connectivity index (χ2n) is 2.20. The number of ether oxygens (including phenoxy) is 1. The van der Waals surface area contributed by atoms with Crippen LogP contribution < -0.4 is 5.32 Å². The molecule has 0 aromatic carbocycles. The molecule has 0 aromatic heterocycles. The number of hydrogen-bond donors (Lipinski definition) is 2. The fourth-order valence-corrected chi connectivity index (χ4v) is 0.633. The molecule has 0 unspecified atom stereocenters. The lowest BCUT2D eigenvalue weighted by molar-refractivity contribution is -0.137. The number of esters is 1. The minimum Gasteiger partial charge on any atom is -0.462 e. The lowest BCUT2D eigenvalue weighted by Gasteiger charge is -2.02. The number of aliphatic hydroxyl groups is 1. The summed E-state index contributed by atoms with van der Waals surface area (Å²) in [6.45, 7) is 5.11. The van der Waals surface area contributed by atoms with Crippen molar-refractivity contribution in [2.75, 3.05) is 26.3 Å². The van der Waals surface area contributed by atoms with E-state index in [1.165, 1.54) is 0 Å². The summed E-state index contributed by atoms with van der Waals surface area (Å²) in [6.07, 6.45) is 1.89. The molecule has 13 heavy (non-hydrogen) atoms. The number of hydrogen-bond acceptors (Lipinski definition) is 4. The van der Waals surface area contributed by atoms with Gasteiger partial charge in [0.25, 0.3) is 0 Å². The van der Waals surface area contributed by atoms with Crippen molar-refractivity contribution in [3.63, 3.8) is 0 Å². The van der Waals surface area contributed by atoms with Crippen LogP contribution in [0.4, 0.5) is 0 Å². The molecule has 0 amide bonds. The molecule has 0 rings (SSSR count). The van der Waals surface area contributed by atoms with Crippen LogP contribution in [0.5, 0.6) is 0 Å². The topological polar surface area (TPSA) is 58.6 Å². The smallest absolute Gasteiger partial charge is 0.330 e. The Morgan fingerprint density at radius 2 is 2.23 bits per heavy atom. The van der Waals surface area contributed by atoms with Gasteiger partial charge in [0, 0.05) is 12.6 Å². The highest BCUT2D eigenvalue weighted by Gasteiger charge is 1.93. The van der Waals surface area contributed by atoms with Crippen molar-refractivity contribution in [2.45, 2.75) is 6.42 Å². The molecule has 0 saturated heterocycles. The average molecular weight is 210 g/mol. The molecule has 0 aromatic rings. The Morgan fingerprint density at radius 1 is 1.54 bits per heavy atom. The van der Waals surface area contributed by atoms with E-state index in [1.807, 2.05) is 0 Å². The highest BCUT2D eigenvalue weighted by molar-refractivity contribution is 5.85. The molecular weight excluding hydrogens is 194 g/mol. The van der Waals surface area contributed by atoms with Crippen molar-refractivity contribution < 1.29 is 14.6 Å². The Labute approximate surface area is 84.4 Å². The Balaban J connectivity index is 0. The fourth-order valence-electron chi connectivity index (χ4n) is 0.633. The first-order valence-corrected chi connectivity index (χ1v) is 3.92. The molecule has 0 aliphatic heterocycles. The van der Waals surface area contributed by atoms with Gasteiger partial charge in [0.2, 0.25) is 0 Å². The first kappa shape index (κ1) is 14.9. The number of aliphatic hydroxyl groups excluding tert-OH is 1. The summed E-state index contributed by atoms with van der Waals surface area (Å²) in [5.74, 6) is -0.392. The maximum Gasteiger partial charge on any atom is 0.330 e. The lowest BCUT2D eigenvalue weighted by atomic mass is 10.4. The summed E-state index contributed by atoms with van der Waals surface area (Å²) < 4.78 is 4.71. The van der Waals surface area contributed by atoms with E-state index in [9.17, 15) is 4.79 Å². The van der Waals surface area contributed by atoms with E-state index in [1.54, 1.807) is 0 Å². The third-order valence-electron chi connectivity index (χ3n) is 1.20. The largest absolute Gasteiger partial charge is 0.462 e. The predicted molar refractivity (Wildman–Crippen MR) is 53.0 cm³/mol. The Morgan fingerprint density at radius 3 is 2.77 bits per heavy atom. The van der Waals surface area contributed by atoms with Gasteiger partial charge in [0.05, 0.1) is 13.2 Å². The van der Waals surface area contributed by atoms with E-state index in [0.717, 1.165) is 19.0 Å². The molecule has 0 saturated carbocycles. The number of carbonyl (C=O) groups excluding carboxylic acids is 1. The van der Waals surface area contributed by atoms with E-state index in [0.29, 0.717) is 13.2 Å². The van der Waals surface area contributed by atoms with E-state index in [4.69, 9.17) is 9.84 Å². The van der Waals surface area contributed by atoms with Crippen LogP contribution in [0.15, 0.2) is 12.7 Å². The summed E-state index contributed by atoms with van der Waals surface area (Å²) >= 11 is 0. The van der Waals surface area contributed by atoms with Crippen molar-refractivity contribution in [1.29, 1.82) is 0 Å². The highest BCUT2D eigenvalue weighted by Crippen LogP contribution is 1.82. The quantitative estimate of drug-likeness (QED) is 0.355.